The lowest BCUT2D eigenvalue weighted by Gasteiger charge is -2.16. The minimum absolute atomic E-state index is 0.0391. The fraction of sp³-hybridized carbons (Fsp3) is 0.385. The summed E-state index contributed by atoms with van der Waals surface area (Å²) in [6.07, 6.45) is 7.58. The number of aryl methyl sites for hydroxylation is 1. The van der Waals surface area contributed by atoms with Crippen LogP contribution < -0.4 is 11.3 Å². The summed E-state index contributed by atoms with van der Waals surface area (Å²) < 4.78 is 13.2. The number of unbranched alkanes of at least 4 members (excludes halogenated alkanes) is 1. The van der Waals surface area contributed by atoms with Crippen LogP contribution in [-0.2, 0) is 0 Å². The molecule has 0 bridgehead atoms. The summed E-state index contributed by atoms with van der Waals surface area (Å²) in [6.45, 7) is 1.86. The molecule has 0 aliphatic carbocycles. The second-order valence-corrected chi connectivity index (χ2v) is 3.88. The molecule has 0 amide bonds. The van der Waals surface area contributed by atoms with Crippen molar-refractivity contribution in [3.8, 4) is 12.3 Å². The van der Waals surface area contributed by atoms with Gasteiger partial charge in [0.15, 0.2) is 0 Å². The molecule has 3 N–H and O–H groups in total. The third kappa shape index (κ3) is 3.65. The highest BCUT2D eigenvalue weighted by molar-refractivity contribution is 5.26. The number of nitrogens with one attached hydrogen (secondary N) is 1. The van der Waals surface area contributed by atoms with Gasteiger partial charge >= 0.3 is 0 Å². The lowest BCUT2D eigenvalue weighted by molar-refractivity contribution is 0.498. The SMILES string of the molecule is C#CCCCC(NN)c1cc(C)cc(F)c1. The van der Waals surface area contributed by atoms with E-state index in [0.29, 0.717) is 6.42 Å². The molecule has 0 aliphatic rings. The van der Waals surface area contributed by atoms with Gasteiger partial charge in [0, 0.05) is 12.5 Å². The van der Waals surface area contributed by atoms with Gasteiger partial charge in [-0.25, -0.2) is 4.39 Å². The summed E-state index contributed by atoms with van der Waals surface area (Å²) in [5.41, 5.74) is 4.46. The zero-order valence-corrected chi connectivity index (χ0v) is 9.46. The lowest BCUT2D eigenvalue weighted by atomic mass is 10.00. The molecule has 2 nitrogen and oxygen atoms in total. The van der Waals surface area contributed by atoms with Gasteiger partial charge in [0.2, 0.25) is 0 Å². The first-order valence-electron chi connectivity index (χ1n) is 5.34. The molecule has 1 aromatic carbocycles. The average Bonchev–Trinajstić information content (AvgIpc) is 2.23. The van der Waals surface area contributed by atoms with Gasteiger partial charge in [0.1, 0.15) is 5.82 Å². The Kier molecular flexibility index (Phi) is 4.97. The number of benzene rings is 1. The highest BCUT2D eigenvalue weighted by atomic mass is 19.1. The first-order chi connectivity index (χ1) is 7.67. The molecule has 1 unspecified atom stereocenters. The fourth-order valence-corrected chi connectivity index (χ4v) is 1.72. The van der Waals surface area contributed by atoms with Crippen molar-refractivity contribution in [3.05, 3.63) is 35.1 Å². The predicted molar refractivity (Wildman–Crippen MR) is 63.9 cm³/mol. The Morgan fingerprint density at radius 2 is 2.25 bits per heavy atom. The van der Waals surface area contributed by atoms with Gasteiger partial charge in [-0.05, 0) is 43.0 Å². The third-order valence-corrected chi connectivity index (χ3v) is 2.48. The topological polar surface area (TPSA) is 38.0 Å². The van der Waals surface area contributed by atoms with Crippen molar-refractivity contribution in [3.63, 3.8) is 0 Å². The normalized spacial score (nSPS) is 12.1. The van der Waals surface area contributed by atoms with Gasteiger partial charge in [-0.15, -0.1) is 12.3 Å². The number of hydrogen-bond donors (Lipinski definition) is 2. The van der Waals surface area contributed by atoms with E-state index in [2.05, 4.69) is 11.3 Å². The van der Waals surface area contributed by atoms with Gasteiger partial charge in [0.05, 0.1) is 0 Å². The van der Waals surface area contributed by atoms with Crippen LogP contribution in [0, 0.1) is 25.1 Å². The van der Waals surface area contributed by atoms with Gasteiger partial charge in [-0.1, -0.05) is 6.07 Å². The van der Waals surface area contributed by atoms with Crippen LogP contribution in [0.25, 0.3) is 0 Å². The van der Waals surface area contributed by atoms with Crippen LogP contribution in [0.1, 0.15) is 36.4 Å². The number of rotatable bonds is 5. The summed E-state index contributed by atoms with van der Waals surface area (Å²) >= 11 is 0. The van der Waals surface area contributed by atoms with Crippen molar-refractivity contribution in [1.82, 2.24) is 5.43 Å². The average molecular weight is 220 g/mol. The van der Waals surface area contributed by atoms with Crippen molar-refractivity contribution in [2.24, 2.45) is 5.84 Å². The Morgan fingerprint density at radius 1 is 1.50 bits per heavy atom. The summed E-state index contributed by atoms with van der Waals surface area (Å²) in [5, 5.41) is 0. The van der Waals surface area contributed by atoms with Crippen LogP contribution in [0.3, 0.4) is 0 Å². The quantitative estimate of drug-likeness (QED) is 0.346. The molecule has 1 aromatic rings. The largest absolute Gasteiger partial charge is 0.271 e. The maximum atomic E-state index is 13.2. The van der Waals surface area contributed by atoms with E-state index in [4.69, 9.17) is 12.3 Å². The number of nitrogens with two attached hydrogens (primary N) is 1. The standard InChI is InChI=1S/C13H17FN2/c1-3-4-5-6-13(16-15)11-7-10(2)8-12(14)9-11/h1,7-9,13,16H,4-6,15H2,2H3. The molecule has 1 rings (SSSR count). The molecule has 0 aromatic heterocycles. The second kappa shape index (κ2) is 6.26. The molecule has 0 fully saturated rings. The van der Waals surface area contributed by atoms with Crippen LogP contribution in [-0.4, -0.2) is 0 Å². The fourth-order valence-electron chi connectivity index (χ4n) is 1.72. The number of hydrazine groups is 1. The van der Waals surface area contributed by atoms with Gasteiger partial charge in [-0.3, -0.25) is 11.3 Å². The molecule has 0 saturated heterocycles. The molecule has 3 heteroatoms. The number of halogens is 1. The van der Waals surface area contributed by atoms with E-state index >= 15 is 0 Å². The predicted octanol–water partition coefficient (Wildman–Crippen LogP) is 2.44. The molecule has 0 aliphatic heterocycles. The van der Waals surface area contributed by atoms with Crippen molar-refractivity contribution < 1.29 is 4.39 Å². The summed E-state index contributed by atoms with van der Waals surface area (Å²) in [4.78, 5) is 0. The smallest absolute Gasteiger partial charge is 0.123 e. The van der Waals surface area contributed by atoms with Crippen LogP contribution in [0.4, 0.5) is 4.39 Å². The molecule has 0 spiro atoms. The molecular formula is C13H17FN2. The van der Waals surface area contributed by atoms with Crippen LogP contribution >= 0.6 is 0 Å². The van der Waals surface area contributed by atoms with E-state index < -0.39 is 0 Å². The lowest BCUT2D eigenvalue weighted by Crippen LogP contribution is -2.28. The van der Waals surface area contributed by atoms with E-state index in [9.17, 15) is 4.39 Å². The van der Waals surface area contributed by atoms with Gasteiger partial charge < -0.3 is 0 Å². The van der Waals surface area contributed by atoms with E-state index in [1.165, 1.54) is 12.1 Å². The van der Waals surface area contributed by atoms with E-state index in [-0.39, 0.29) is 11.9 Å². The molecule has 0 saturated carbocycles. The zero-order valence-electron chi connectivity index (χ0n) is 9.46. The van der Waals surface area contributed by atoms with Gasteiger partial charge in [-0.2, -0.15) is 0 Å². The first-order valence-corrected chi connectivity index (χ1v) is 5.34. The maximum absolute atomic E-state index is 13.2. The van der Waals surface area contributed by atoms with Crippen LogP contribution in [0.2, 0.25) is 0 Å². The molecular weight excluding hydrogens is 203 g/mol. The monoisotopic (exact) mass is 220 g/mol. The summed E-state index contributed by atoms with van der Waals surface area (Å²) in [7, 11) is 0. The minimum atomic E-state index is -0.229. The van der Waals surface area contributed by atoms with Crippen molar-refractivity contribution in [1.29, 1.82) is 0 Å². The summed E-state index contributed by atoms with van der Waals surface area (Å²) in [5.74, 6) is 7.81. The number of hydrogen-bond acceptors (Lipinski definition) is 2. The highest BCUT2D eigenvalue weighted by Crippen LogP contribution is 2.20. The zero-order chi connectivity index (χ0) is 12.0. The second-order valence-electron chi connectivity index (χ2n) is 3.88. The minimum Gasteiger partial charge on any atom is -0.271 e. The van der Waals surface area contributed by atoms with Crippen molar-refractivity contribution >= 4 is 0 Å². The number of terminal acetylenes is 1. The van der Waals surface area contributed by atoms with E-state index in [1.54, 1.807) is 0 Å². The van der Waals surface area contributed by atoms with Gasteiger partial charge in [0.25, 0.3) is 0 Å². The van der Waals surface area contributed by atoms with Crippen LogP contribution in [0.15, 0.2) is 18.2 Å². The Labute approximate surface area is 96.0 Å². The Balaban J connectivity index is 2.74. The van der Waals surface area contributed by atoms with Crippen LogP contribution in [0.5, 0.6) is 0 Å². The van der Waals surface area contributed by atoms with Crippen molar-refractivity contribution in [2.45, 2.75) is 32.2 Å². The van der Waals surface area contributed by atoms with Crippen molar-refractivity contribution in [2.75, 3.05) is 0 Å². The Morgan fingerprint density at radius 3 is 2.81 bits per heavy atom. The molecule has 16 heavy (non-hydrogen) atoms. The Hall–Kier alpha value is -1.37. The molecule has 1 atom stereocenters. The van der Waals surface area contributed by atoms with E-state index in [0.717, 1.165) is 24.0 Å². The molecule has 0 heterocycles. The summed E-state index contributed by atoms with van der Waals surface area (Å²) in [6, 6.07) is 4.90. The highest BCUT2D eigenvalue weighted by Gasteiger charge is 2.10. The maximum Gasteiger partial charge on any atom is 0.123 e. The van der Waals surface area contributed by atoms with E-state index in [1.807, 2.05) is 13.0 Å². The Bertz CT molecular complexity index is 362. The first kappa shape index (κ1) is 12.7. The third-order valence-electron chi connectivity index (χ3n) is 2.48. The molecule has 86 valence electrons. The molecule has 0 radical (unpaired) electrons.